The first-order chi connectivity index (χ1) is 15.7. The Balaban J connectivity index is 1.39. The topological polar surface area (TPSA) is 82.6 Å². The monoisotopic (exact) mass is 433 g/mol. The fourth-order valence-corrected chi connectivity index (χ4v) is 4.25. The molecule has 1 amide bonds. The lowest BCUT2D eigenvalue weighted by molar-refractivity contribution is -0.119. The van der Waals surface area contributed by atoms with Gasteiger partial charge < -0.3 is 19.5 Å². The fourth-order valence-electron chi connectivity index (χ4n) is 4.25. The van der Waals surface area contributed by atoms with Crippen LogP contribution in [0.4, 0.5) is 0 Å². The van der Waals surface area contributed by atoms with Crippen LogP contribution >= 0.6 is 0 Å². The second kappa shape index (κ2) is 9.12. The van der Waals surface area contributed by atoms with Gasteiger partial charge in [-0.2, -0.15) is 0 Å². The number of amides is 1. The Morgan fingerprint density at radius 3 is 2.75 bits per heavy atom. The molecule has 32 heavy (non-hydrogen) atoms. The molecule has 3 aromatic rings. The predicted molar refractivity (Wildman–Crippen MR) is 121 cm³/mol. The van der Waals surface area contributed by atoms with Gasteiger partial charge >= 0.3 is 0 Å². The highest BCUT2D eigenvalue weighted by atomic mass is 16.5. The van der Waals surface area contributed by atoms with Crippen LogP contribution in [0.15, 0.2) is 48.8 Å². The summed E-state index contributed by atoms with van der Waals surface area (Å²) in [6.07, 6.45) is 5.94. The van der Waals surface area contributed by atoms with Gasteiger partial charge in [0.05, 0.1) is 18.7 Å². The van der Waals surface area contributed by atoms with Crippen molar-refractivity contribution in [1.82, 2.24) is 15.3 Å². The molecule has 0 spiro atoms. The number of fused-ring (bicyclic) bond motifs is 1. The Hall–Kier alpha value is -3.19. The Morgan fingerprint density at radius 2 is 2.00 bits per heavy atom. The molecule has 2 aliphatic rings. The summed E-state index contributed by atoms with van der Waals surface area (Å²) in [4.78, 5) is 20.7. The van der Waals surface area contributed by atoms with Gasteiger partial charge in [-0.15, -0.1) is 0 Å². The lowest BCUT2D eigenvalue weighted by atomic mass is 10.0. The van der Waals surface area contributed by atoms with Crippen molar-refractivity contribution in [2.45, 2.75) is 38.4 Å². The molecule has 1 aromatic carbocycles. The average Bonchev–Trinajstić information content (AvgIpc) is 3.27. The highest BCUT2D eigenvalue weighted by molar-refractivity contribution is 5.90. The quantitative estimate of drug-likeness (QED) is 0.637. The molecule has 7 nitrogen and oxygen atoms in total. The van der Waals surface area contributed by atoms with E-state index in [0.717, 1.165) is 53.8 Å². The minimum Gasteiger partial charge on any atom is -0.490 e. The lowest BCUT2D eigenvalue weighted by Crippen LogP contribution is -2.26. The molecule has 2 aliphatic heterocycles. The Morgan fingerprint density at radius 1 is 1.12 bits per heavy atom. The molecule has 2 atom stereocenters. The number of pyridine rings is 2. The number of benzene rings is 1. The summed E-state index contributed by atoms with van der Waals surface area (Å²) in [5.41, 5.74) is 2.80. The van der Waals surface area contributed by atoms with E-state index in [1.165, 1.54) is 0 Å². The van der Waals surface area contributed by atoms with Crippen LogP contribution in [0.25, 0.3) is 22.0 Å². The maximum atomic E-state index is 11.6. The third kappa shape index (κ3) is 4.53. The highest BCUT2D eigenvalue weighted by Crippen LogP contribution is 2.33. The van der Waals surface area contributed by atoms with Gasteiger partial charge in [-0.25, -0.2) is 4.98 Å². The minimum atomic E-state index is -0.0963. The second-order valence-electron chi connectivity index (χ2n) is 8.45. The molecule has 2 aromatic heterocycles. The molecular weight excluding hydrogens is 406 g/mol. The zero-order valence-corrected chi connectivity index (χ0v) is 18.1. The summed E-state index contributed by atoms with van der Waals surface area (Å²) in [5.74, 6) is 1.63. The van der Waals surface area contributed by atoms with Crippen LogP contribution < -0.4 is 14.8 Å². The first-order valence-electron chi connectivity index (χ1n) is 11.2. The number of hydrogen-bond donors (Lipinski definition) is 1. The molecule has 2 fully saturated rings. The number of hydrogen-bond acceptors (Lipinski definition) is 6. The summed E-state index contributed by atoms with van der Waals surface area (Å²) in [6, 6.07) is 11.9. The van der Waals surface area contributed by atoms with Crippen LogP contribution in [-0.4, -0.2) is 47.8 Å². The zero-order chi connectivity index (χ0) is 21.9. The van der Waals surface area contributed by atoms with E-state index in [4.69, 9.17) is 14.2 Å². The van der Waals surface area contributed by atoms with Crippen LogP contribution in [0.2, 0.25) is 0 Å². The van der Waals surface area contributed by atoms with Gasteiger partial charge in [0, 0.05) is 61.1 Å². The van der Waals surface area contributed by atoms with Crippen molar-refractivity contribution >= 4 is 16.8 Å². The maximum absolute atomic E-state index is 11.6. The molecule has 0 radical (unpaired) electrons. The predicted octanol–water partition coefficient (Wildman–Crippen LogP) is 3.76. The molecule has 0 aliphatic carbocycles. The van der Waals surface area contributed by atoms with Crippen molar-refractivity contribution < 1.29 is 19.0 Å². The number of carbonyl (C=O) groups excluding carboxylic acids is 1. The minimum absolute atomic E-state index is 0.0832. The van der Waals surface area contributed by atoms with E-state index in [9.17, 15) is 4.79 Å². The van der Waals surface area contributed by atoms with Gasteiger partial charge in [0.1, 0.15) is 18.0 Å². The normalized spacial score (nSPS) is 20.2. The van der Waals surface area contributed by atoms with Crippen LogP contribution in [0.5, 0.6) is 11.6 Å². The Bertz CT molecular complexity index is 1100. The van der Waals surface area contributed by atoms with Crippen LogP contribution in [-0.2, 0) is 9.53 Å². The molecule has 166 valence electrons. The van der Waals surface area contributed by atoms with Gasteiger partial charge in [0.25, 0.3) is 0 Å². The molecule has 0 unspecified atom stereocenters. The third-order valence-corrected chi connectivity index (χ3v) is 6.19. The standard InChI is InChI=1S/C25H27N3O4/c1-16(19-13-24(29)27-15-19)31-23-12-18(11-22-21(23)3-2-8-26-22)17-4-5-25(28-14-17)32-20-6-9-30-10-7-20/h2-5,8,11-12,14,16,19-20H,6-7,9-10,13,15H2,1H3,(H,27,29)/t16-,19-/m1/s1. The molecule has 2 saturated heterocycles. The van der Waals surface area contributed by atoms with E-state index in [0.29, 0.717) is 18.8 Å². The van der Waals surface area contributed by atoms with Crippen LogP contribution in [0.1, 0.15) is 26.2 Å². The Kier molecular flexibility index (Phi) is 5.90. The summed E-state index contributed by atoms with van der Waals surface area (Å²) >= 11 is 0. The zero-order valence-electron chi connectivity index (χ0n) is 18.1. The maximum Gasteiger partial charge on any atom is 0.220 e. The molecule has 7 heteroatoms. The summed E-state index contributed by atoms with van der Waals surface area (Å²) in [5, 5.41) is 3.84. The molecule has 1 N–H and O–H groups in total. The van der Waals surface area contributed by atoms with Crippen LogP contribution in [0.3, 0.4) is 0 Å². The summed E-state index contributed by atoms with van der Waals surface area (Å²) < 4.78 is 17.7. The number of ether oxygens (including phenoxy) is 3. The fraction of sp³-hybridized carbons (Fsp3) is 0.400. The van der Waals surface area contributed by atoms with Gasteiger partial charge in [-0.05, 0) is 42.8 Å². The smallest absolute Gasteiger partial charge is 0.220 e. The van der Waals surface area contributed by atoms with E-state index in [1.54, 1.807) is 6.20 Å². The SMILES string of the molecule is C[C@@H](Oc1cc(-c2ccc(OC3CCOCC3)nc2)cc2ncccc12)[C@H]1CNC(=O)C1. The van der Waals surface area contributed by atoms with Gasteiger partial charge in [-0.1, -0.05) is 0 Å². The van der Waals surface area contributed by atoms with Gasteiger partial charge in [-0.3, -0.25) is 9.78 Å². The van der Waals surface area contributed by atoms with Crippen molar-refractivity contribution in [3.05, 3.63) is 48.8 Å². The summed E-state index contributed by atoms with van der Waals surface area (Å²) in [6.45, 7) is 4.14. The van der Waals surface area contributed by atoms with Crippen molar-refractivity contribution in [2.75, 3.05) is 19.8 Å². The largest absolute Gasteiger partial charge is 0.490 e. The van der Waals surface area contributed by atoms with Crippen molar-refractivity contribution in [1.29, 1.82) is 0 Å². The van der Waals surface area contributed by atoms with Gasteiger partial charge in [0.2, 0.25) is 11.8 Å². The first kappa shape index (κ1) is 20.7. The number of nitrogens with one attached hydrogen (secondary N) is 1. The number of aromatic nitrogens is 2. The third-order valence-electron chi connectivity index (χ3n) is 6.19. The highest BCUT2D eigenvalue weighted by Gasteiger charge is 2.28. The lowest BCUT2D eigenvalue weighted by Gasteiger charge is -2.22. The van der Waals surface area contributed by atoms with Crippen LogP contribution in [0, 0.1) is 5.92 Å². The molecule has 0 saturated carbocycles. The molecule has 5 rings (SSSR count). The van der Waals surface area contributed by atoms with E-state index in [2.05, 4.69) is 15.3 Å². The van der Waals surface area contributed by atoms with E-state index < -0.39 is 0 Å². The second-order valence-corrected chi connectivity index (χ2v) is 8.45. The van der Waals surface area contributed by atoms with E-state index in [-0.39, 0.29) is 24.0 Å². The number of nitrogens with zero attached hydrogens (tertiary/aromatic N) is 2. The van der Waals surface area contributed by atoms with Crippen molar-refractivity contribution in [2.24, 2.45) is 5.92 Å². The molecule has 0 bridgehead atoms. The van der Waals surface area contributed by atoms with E-state index in [1.807, 2.05) is 49.5 Å². The summed E-state index contributed by atoms with van der Waals surface area (Å²) in [7, 11) is 0. The first-order valence-corrected chi connectivity index (χ1v) is 11.2. The van der Waals surface area contributed by atoms with E-state index >= 15 is 0 Å². The number of carbonyl (C=O) groups is 1. The molecular formula is C25H27N3O4. The Labute approximate surface area is 187 Å². The van der Waals surface area contributed by atoms with Crippen molar-refractivity contribution in [3.63, 3.8) is 0 Å². The number of rotatable bonds is 6. The van der Waals surface area contributed by atoms with Gasteiger partial charge in [0.15, 0.2) is 0 Å². The van der Waals surface area contributed by atoms with Crippen molar-refractivity contribution in [3.8, 4) is 22.8 Å². The average molecular weight is 434 g/mol. The molecule has 4 heterocycles.